The minimum absolute atomic E-state index is 0. The van der Waals surface area contributed by atoms with Gasteiger partial charge in [0.25, 0.3) is 5.91 Å². The number of halogens is 1. The van der Waals surface area contributed by atoms with Gasteiger partial charge in [-0.3, -0.25) is 14.4 Å². The number of piperidine rings is 1. The lowest BCUT2D eigenvalue weighted by Gasteiger charge is -2.61. The van der Waals surface area contributed by atoms with Crippen molar-refractivity contribution in [2.75, 3.05) is 25.4 Å². The van der Waals surface area contributed by atoms with Crippen LogP contribution in [-0.4, -0.2) is 70.4 Å². The summed E-state index contributed by atoms with van der Waals surface area (Å²) in [6.45, 7) is 14.4. The summed E-state index contributed by atoms with van der Waals surface area (Å²) in [7, 11) is 0. The van der Waals surface area contributed by atoms with E-state index < -0.39 is 23.0 Å². The molecule has 1 saturated heterocycles. The summed E-state index contributed by atoms with van der Waals surface area (Å²) in [6.07, 6.45) is 9.58. The number of thioether (sulfide) groups is 1. The molecule has 45 heavy (non-hydrogen) atoms. The van der Waals surface area contributed by atoms with Crippen LogP contribution in [0, 0.1) is 39.9 Å². The Kier molecular flexibility index (Phi) is 11.6. The number of carbonyl (C=O) groups is 3. The summed E-state index contributed by atoms with van der Waals surface area (Å²) in [4.78, 5) is 42.6. The summed E-state index contributed by atoms with van der Waals surface area (Å²) in [5.41, 5.74) is -1.47. The van der Waals surface area contributed by atoms with Crippen molar-refractivity contribution >= 4 is 29.4 Å². The van der Waals surface area contributed by atoms with Gasteiger partial charge >= 0.3 is 5.97 Å². The van der Waals surface area contributed by atoms with Crippen molar-refractivity contribution in [3.05, 3.63) is 37.2 Å². The Labute approximate surface area is 289 Å². The monoisotopic (exact) mass is 754 g/mol. The quantitative estimate of drug-likeness (QED) is 0.135. The summed E-state index contributed by atoms with van der Waals surface area (Å²) in [6, 6.07) is 3.81. The van der Waals surface area contributed by atoms with Crippen LogP contribution >= 0.6 is 11.8 Å². The molecule has 0 unspecified atom stereocenters. The molecule has 1 aromatic heterocycles. The zero-order valence-electron chi connectivity index (χ0n) is 27.3. The third-order valence-electron chi connectivity index (χ3n) is 12.3. The number of rotatable bonds is 8. The maximum atomic E-state index is 13.6. The van der Waals surface area contributed by atoms with Gasteiger partial charge in [0.2, 0.25) is 6.54 Å². The molecule has 2 N–H and O–H groups in total. The van der Waals surface area contributed by atoms with Crippen LogP contribution in [0.15, 0.2) is 42.1 Å². The molecule has 1 aromatic rings. The van der Waals surface area contributed by atoms with Gasteiger partial charge in [-0.15, -0.1) is 18.3 Å². The first-order valence-electron chi connectivity index (χ1n) is 16.4. The lowest BCUT2D eigenvalue weighted by Crippen LogP contribution is -3.00. The highest BCUT2D eigenvalue weighted by Crippen LogP contribution is 2.68. The van der Waals surface area contributed by atoms with Crippen molar-refractivity contribution in [1.82, 2.24) is 4.90 Å². The highest BCUT2D eigenvalue weighted by molar-refractivity contribution is 8.00. The van der Waals surface area contributed by atoms with E-state index in [2.05, 4.69) is 27.4 Å². The highest BCUT2D eigenvalue weighted by Gasteiger charge is 2.68. The van der Waals surface area contributed by atoms with Crippen LogP contribution < -0.4 is 28.5 Å². The van der Waals surface area contributed by atoms with E-state index in [1.807, 2.05) is 47.0 Å². The Balaban J connectivity index is 0.00000461. The zero-order valence-corrected chi connectivity index (χ0v) is 30.2. The summed E-state index contributed by atoms with van der Waals surface area (Å²) < 4.78 is 8.20. The van der Waals surface area contributed by atoms with E-state index in [4.69, 9.17) is 4.74 Å². The van der Waals surface area contributed by atoms with E-state index >= 15 is 0 Å². The second-order valence-electron chi connectivity index (χ2n) is 14.6. The Bertz CT molecular complexity index is 1260. The predicted octanol–water partition coefficient (Wildman–Crippen LogP) is 1.21. The number of aliphatic hydroxyl groups excluding tert-OH is 2. The number of pyridine rings is 1. The molecule has 4 fully saturated rings. The van der Waals surface area contributed by atoms with Gasteiger partial charge in [-0.25, -0.2) is 0 Å². The van der Waals surface area contributed by atoms with Gasteiger partial charge in [-0.05, 0) is 61.7 Å². The SMILES string of the molecule is C=C[C@]1(C)C[C@@H](OC(=O)CSc2cc[n+](CC(=O)N3CCC(CO)CC3)cc2)[C@]2(C)[C@H](C)CC[C@]3(CCC(=O)[C@H]32)[C@@H](C)[C@@H]1O.[I-]. The molecule has 1 aliphatic heterocycles. The number of likely N-dealkylation sites (tertiary alicyclic amines) is 1. The standard InChI is InChI=1S/C35H51N2O6S.HI/c1-6-33(4)19-28(34(5)23(2)7-13-35(24(3)32(33)42)14-8-27(39)31(34)35)43-30(41)22-44-26-11-15-36(16-12-26)20-29(40)37-17-9-25(21-38)10-18-37;/h6,11-12,15-16,23-25,28,31-32,38,42H,1,7-10,13-14,17-22H2,2-5H3;1H/q+1;/p-1/t23-,24+,28-,31+,32+,33-,34+,35+;/m1./s1. The van der Waals surface area contributed by atoms with Gasteiger partial charge in [0.15, 0.2) is 12.4 Å². The van der Waals surface area contributed by atoms with Gasteiger partial charge in [-0.1, -0.05) is 33.8 Å². The van der Waals surface area contributed by atoms with E-state index in [1.54, 1.807) is 0 Å². The number of hydrogen-bond acceptors (Lipinski definition) is 7. The van der Waals surface area contributed by atoms with Crippen LogP contribution in [0.25, 0.3) is 0 Å². The fourth-order valence-corrected chi connectivity index (χ4v) is 9.77. The van der Waals surface area contributed by atoms with Crippen LogP contribution in [0.3, 0.4) is 0 Å². The molecule has 8 nitrogen and oxygen atoms in total. The van der Waals surface area contributed by atoms with Crippen molar-refractivity contribution in [3.8, 4) is 0 Å². The van der Waals surface area contributed by atoms with E-state index in [0.717, 1.165) is 37.0 Å². The molecule has 3 aliphatic carbocycles. The first-order valence-corrected chi connectivity index (χ1v) is 17.4. The number of ketones is 1. The number of esters is 1. The van der Waals surface area contributed by atoms with Crippen molar-refractivity contribution in [1.29, 1.82) is 0 Å². The molecule has 0 radical (unpaired) electrons. The molecule has 8 atom stereocenters. The predicted molar refractivity (Wildman–Crippen MR) is 168 cm³/mol. The number of carbonyl (C=O) groups excluding carboxylic acids is 3. The largest absolute Gasteiger partial charge is 1.00 e. The van der Waals surface area contributed by atoms with Crippen molar-refractivity contribution < 1.29 is 57.9 Å². The Morgan fingerprint density at radius 1 is 1.16 bits per heavy atom. The fraction of sp³-hybridized carbons (Fsp3) is 0.714. The lowest BCUT2D eigenvalue weighted by atomic mass is 9.44. The molecule has 1 amide bonds. The maximum Gasteiger partial charge on any atom is 0.316 e. The van der Waals surface area contributed by atoms with Gasteiger partial charge in [0, 0.05) is 59.9 Å². The van der Waals surface area contributed by atoms with Crippen LogP contribution in [-0.2, 0) is 25.7 Å². The molecule has 2 bridgehead atoms. The number of nitrogens with zero attached hydrogens (tertiary/aromatic N) is 2. The summed E-state index contributed by atoms with van der Waals surface area (Å²) in [5, 5.41) is 21.0. The zero-order chi connectivity index (χ0) is 31.9. The molecule has 0 aromatic carbocycles. The molecule has 0 spiro atoms. The normalized spacial score (nSPS) is 36.7. The van der Waals surface area contributed by atoms with Crippen LogP contribution in [0.2, 0.25) is 0 Å². The molecule has 250 valence electrons. The van der Waals surface area contributed by atoms with Crippen molar-refractivity contribution in [3.63, 3.8) is 0 Å². The number of ether oxygens (including phenoxy) is 1. The maximum absolute atomic E-state index is 13.6. The van der Waals surface area contributed by atoms with Gasteiger partial charge in [-0.2, -0.15) is 4.57 Å². The van der Waals surface area contributed by atoms with E-state index in [9.17, 15) is 24.6 Å². The first kappa shape index (κ1) is 36.3. The third kappa shape index (κ3) is 6.77. The van der Waals surface area contributed by atoms with Crippen LogP contribution in [0.1, 0.15) is 72.6 Å². The summed E-state index contributed by atoms with van der Waals surface area (Å²) >= 11 is 1.39. The topological polar surface area (TPSA) is 108 Å². The van der Waals surface area contributed by atoms with Crippen molar-refractivity contribution in [2.24, 2.45) is 39.9 Å². The van der Waals surface area contributed by atoms with E-state index in [-0.39, 0.29) is 89.6 Å². The number of Topliss-reactive ketones (excluding diaryl/α,β-unsaturated/α-hetero) is 1. The lowest BCUT2D eigenvalue weighted by molar-refractivity contribution is -0.685. The second-order valence-corrected chi connectivity index (χ2v) is 15.6. The molecule has 5 rings (SSSR count). The number of amides is 1. The molecule has 4 aliphatic rings. The molecular formula is C35H51IN2O6S. The molecule has 10 heteroatoms. The second kappa shape index (κ2) is 14.3. The van der Waals surface area contributed by atoms with E-state index in [0.29, 0.717) is 25.9 Å². The van der Waals surface area contributed by atoms with Crippen LogP contribution in [0.4, 0.5) is 0 Å². The highest BCUT2D eigenvalue weighted by atomic mass is 127. The fourth-order valence-electron chi connectivity index (χ4n) is 9.10. The van der Waals surface area contributed by atoms with Gasteiger partial charge in [0.1, 0.15) is 11.9 Å². The minimum Gasteiger partial charge on any atom is -1.00 e. The molecule has 3 saturated carbocycles. The third-order valence-corrected chi connectivity index (χ3v) is 13.3. The average Bonchev–Trinajstić information content (AvgIpc) is 3.38. The average molecular weight is 755 g/mol. The molecular weight excluding hydrogens is 703 g/mol. The van der Waals surface area contributed by atoms with Gasteiger partial charge < -0.3 is 43.8 Å². The summed E-state index contributed by atoms with van der Waals surface area (Å²) in [5.74, 6) is 0.290. The van der Waals surface area contributed by atoms with Crippen LogP contribution in [0.5, 0.6) is 0 Å². The Hall–Kier alpha value is -1.50. The number of aromatic nitrogens is 1. The van der Waals surface area contributed by atoms with Gasteiger partial charge in [0.05, 0.1) is 11.9 Å². The molecule has 2 heterocycles. The Morgan fingerprint density at radius 2 is 1.82 bits per heavy atom. The smallest absolute Gasteiger partial charge is 0.316 e. The van der Waals surface area contributed by atoms with E-state index in [1.165, 1.54) is 11.8 Å². The first-order chi connectivity index (χ1) is 20.9. The van der Waals surface area contributed by atoms with Crippen molar-refractivity contribution in [2.45, 2.75) is 96.3 Å². The number of hydrogen-bond donors (Lipinski definition) is 2. The Morgan fingerprint density at radius 3 is 2.44 bits per heavy atom. The number of aliphatic hydroxyl groups is 2. The minimum atomic E-state index is -0.683.